The van der Waals surface area contributed by atoms with Crippen molar-refractivity contribution in [2.45, 2.75) is 18.8 Å². The average Bonchev–Trinajstić information content (AvgIpc) is 2.83. The van der Waals surface area contributed by atoms with Gasteiger partial charge in [0.2, 0.25) is 0 Å². The van der Waals surface area contributed by atoms with Crippen LogP contribution in [-0.4, -0.2) is 14.5 Å². The zero-order valence-corrected chi connectivity index (χ0v) is 13.1. The summed E-state index contributed by atoms with van der Waals surface area (Å²) in [5.74, 6) is 1.31. The summed E-state index contributed by atoms with van der Waals surface area (Å²) in [4.78, 5) is 8.94. The van der Waals surface area contributed by atoms with Crippen LogP contribution in [0.1, 0.15) is 11.5 Å². The second kappa shape index (κ2) is 5.94. The van der Waals surface area contributed by atoms with Gasteiger partial charge in [-0.15, -0.1) is 11.6 Å². The van der Waals surface area contributed by atoms with Gasteiger partial charge in [0.1, 0.15) is 5.82 Å². The number of halogens is 2. The number of benzene rings is 1. The third-order valence-corrected chi connectivity index (χ3v) is 3.96. The molecule has 0 aliphatic rings. The Bertz CT molecular complexity index is 725. The van der Waals surface area contributed by atoms with Crippen molar-refractivity contribution >= 4 is 38.6 Å². The summed E-state index contributed by atoms with van der Waals surface area (Å²) in [6, 6.07) is 12.1. The molecule has 0 unspecified atom stereocenters. The molecule has 1 aromatic carbocycles. The van der Waals surface area contributed by atoms with E-state index in [1.54, 1.807) is 0 Å². The number of aryl methyl sites for hydroxylation is 2. The van der Waals surface area contributed by atoms with Crippen molar-refractivity contribution in [3.05, 3.63) is 58.6 Å². The monoisotopic (exact) mass is 349 g/mol. The maximum Gasteiger partial charge on any atom is 0.124 e. The van der Waals surface area contributed by atoms with Crippen molar-refractivity contribution < 1.29 is 0 Å². The van der Waals surface area contributed by atoms with E-state index in [2.05, 4.69) is 36.5 Å². The van der Waals surface area contributed by atoms with Crippen molar-refractivity contribution in [3.8, 4) is 0 Å². The molecule has 0 aliphatic carbocycles. The van der Waals surface area contributed by atoms with Crippen LogP contribution in [0.5, 0.6) is 0 Å². The molecule has 0 bridgehead atoms. The third kappa shape index (κ3) is 2.72. The summed E-state index contributed by atoms with van der Waals surface area (Å²) < 4.78 is 3.20. The Morgan fingerprint density at radius 2 is 2.10 bits per heavy atom. The first-order valence-corrected chi connectivity index (χ1v) is 7.71. The van der Waals surface area contributed by atoms with Crippen molar-refractivity contribution in [2.75, 3.05) is 0 Å². The topological polar surface area (TPSA) is 30.7 Å². The first kappa shape index (κ1) is 13.6. The molecule has 0 radical (unpaired) electrons. The Hall–Kier alpha value is -1.39. The minimum atomic E-state index is 0.411. The van der Waals surface area contributed by atoms with Gasteiger partial charge in [0.25, 0.3) is 0 Å². The van der Waals surface area contributed by atoms with Gasteiger partial charge in [-0.05, 0) is 30.3 Å². The smallest absolute Gasteiger partial charge is 0.124 e. The molecule has 0 saturated heterocycles. The molecule has 3 aromatic rings. The van der Waals surface area contributed by atoms with Crippen LogP contribution in [0.2, 0.25) is 0 Å². The van der Waals surface area contributed by atoms with Crippen molar-refractivity contribution in [3.63, 3.8) is 0 Å². The number of aromatic nitrogens is 3. The number of rotatable bonds is 4. The van der Waals surface area contributed by atoms with Crippen LogP contribution < -0.4 is 0 Å². The normalized spacial score (nSPS) is 11.1. The number of hydrogen-bond acceptors (Lipinski definition) is 2. The van der Waals surface area contributed by atoms with Gasteiger partial charge in [-0.25, -0.2) is 4.98 Å². The fourth-order valence-corrected chi connectivity index (χ4v) is 2.83. The highest BCUT2D eigenvalue weighted by atomic mass is 79.9. The van der Waals surface area contributed by atoms with Crippen LogP contribution in [0.15, 0.2) is 47.1 Å². The number of hydrogen-bond donors (Lipinski definition) is 0. The number of pyridine rings is 1. The largest absolute Gasteiger partial charge is 0.327 e. The van der Waals surface area contributed by atoms with E-state index in [0.29, 0.717) is 5.88 Å². The molecular weight excluding hydrogens is 338 g/mol. The molecule has 0 saturated carbocycles. The van der Waals surface area contributed by atoms with Crippen LogP contribution in [-0.2, 0) is 18.8 Å². The molecular formula is C15H13BrClN3. The number of fused-ring (bicyclic) bond motifs is 1. The van der Waals surface area contributed by atoms with E-state index in [4.69, 9.17) is 11.6 Å². The van der Waals surface area contributed by atoms with Crippen molar-refractivity contribution in [1.82, 2.24) is 14.5 Å². The SMILES string of the molecule is ClCc1nc2cc(Br)ccc2n1CCc1ccccn1. The molecule has 0 atom stereocenters. The first-order chi connectivity index (χ1) is 9.78. The summed E-state index contributed by atoms with van der Waals surface area (Å²) in [5, 5.41) is 0. The lowest BCUT2D eigenvalue weighted by molar-refractivity contribution is 0.678. The van der Waals surface area contributed by atoms with Crippen LogP contribution in [0, 0.1) is 0 Å². The van der Waals surface area contributed by atoms with E-state index >= 15 is 0 Å². The number of nitrogens with zero attached hydrogens (tertiary/aromatic N) is 3. The van der Waals surface area contributed by atoms with Gasteiger partial charge in [0.15, 0.2) is 0 Å². The minimum Gasteiger partial charge on any atom is -0.327 e. The highest BCUT2D eigenvalue weighted by molar-refractivity contribution is 9.10. The molecule has 3 nitrogen and oxygen atoms in total. The van der Waals surface area contributed by atoms with Crippen LogP contribution in [0.4, 0.5) is 0 Å². The van der Waals surface area contributed by atoms with E-state index in [1.807, 2.05) is 36.5 Å². The molecule has 0 N–H and O–H groups in total. The van der Waals surface area contributed by atoms with Crippen molar-refractivity contribution in [1.29, 1.82) is 0 Å². The summed E-state index contributed by atoms with van der Waals surface area (Å²) in [6.07, 6.45) is 2.69. The Balaban J connectivity index is 1.93. The fraction of sp³-hybridized carbons (Fsp3) is 0.200. The van der Waals surface area contributed by atoms with E-state index in [9.17, 15) is 0 Å². The van der Waals surface area contributed by atoms with Gasteiger partial charge in [0, 0.05) is 29.3 Å². The molecule has 0 spiro atoms. The van der Waals surface area contributed by atoms with Crippen LogP contribution in [0.25, 0.3) is 11.0 Å². The molecule has 5 heteroatoms. The lowest BCUT2D eigenvalue weighted by Crippen LogP contribution is -2.05. The van der Waals surface area contributed by atoms with Gasteiger partial charge in [-0.3, -0.25) is 4.98 Å². The second-order valence-electron chi connectivity index (χ2n) is 4.52. The zero-order chi connectivity index (χ0) is 13.9. The van der Waals surface area contributed by atoms with E-state index in [-0.39, 0.29) is 0 Å². The number of alkyl halides is 1. The van der Waals surface area contributed by atoms with E-state index in [1.165, 1.54) is 0 Å². The average molecular weight is 351 g/mol. The van der Waals surface area contributed by atoms with Gasteiger partial charge in [-0.1, -0.05) is 22.0 Å². The maximum atomic E-state index is 6.01. The van der Waals surface area contributed by atoms with E-state index < -0.39 is 0 Å². The number of imidazole rings is 1. The molecule has 2 heterocycles. The predicted octanol–water partition coefficient (Wildman–Crippen LogP) is 4.18. The van der Waals surface area contributed by atoms with Crippen LogP contribution >= 0.6 is 27.5 Å². The Morgan fingerprint density at radius 1 is 1.20 bits per heavy atom. The summed E-state index contributed by atoms with van der Waals surface area (Å²) in [6.45, 7) is 0.831. The molecule has 0 fully saturated rings. The standard InChI is InChI=1S/C15H13BrClN3/c16-11-4-5-14-13(9-11)19-15(10-17)20(14)8-6-12-3-1-2-7-18-12/h1-5,7,9H,6,8,10H2. The van der Waals surface area contributed by atoms with Crippen molar-refractivity contribution in [2.24, 2.45) is 0 Å². The van der Waals surface area contributed by atoms with Gasteiger partial charge >= 0.3 is 0 Å². The lowest BCUT2D eigenvalue weighted by Gasteiger charge is -2.07. The predicted molar refractivity (Wildman–Crippen MR) is 84.9 cm³/mol. The first-order valence-electron chi connectivity index (χ1n) is 6.38. The van der Waals surface area contributed by atoms with Gasteiger partial charge in [-0.2, -0.15) is 0 Å². The molecule has 0 aliphatic heterocycles. The summed E-state index contributed by atoms with van der Waals surface area (Å²) >= 11 is 9.49. The molecule has 3 rings (SSSR count). The molecule has 102 valence electrons. The highest BCUT2D eigenvalue weighted by Crippen LogP contribution is 2.22. The highest BCUT2D eigenvalue weighted by Gasteiger charge is 2.10. The lowest BCUT2D eigenvalue weighted by atomic mass is 10.2. The van der Waals surface area contributed by atoms with Gasteiger partial charge in [0.05, 0.1) is 16.9 Å². The minimum absolute atomic E-state index is 0.411. The molecule has 20 heavy (non-hydrogen) atoms. The zero-order valence-electron chi connectivity index (χ0n) is 10.8. The summed E-state index contributed by atoms with van der Waals surface area (Å²) in [7, 11) is 0. The second-order valence-corrected chi connectivity index (χ2v) is 5.70. The Labute approximate surface area is 130 Å². The summed E-state index contributed by atoms with van der Waals surface area (Å²) in [5.41, 5.74) is 3.16. The maximum absolute atomic E-state index is 6.01. The Morgan fingerprint density at radius 3 is 2.85 bits per heavy atom. The fourth-order valence-electron chi connectivity index (χ4n) is 2.28. The quantitative estimate of drug-likeness (QED) is 0.661. The third-order valence-electron chi connectivity index (χ3n) is 3.23. The van der Waals surface area contributed by atoms with E-state index in [0.717, 1.165) is 40.0 Å². The molecule has 2 aromatic heterocycles. The van der Waals surface area contributed by atoms with Gasteiger partial charge < -0.3 is 4.57 Å². The Kier molecular flexibility index (Phi) is 4.03. The van der Waals surface area contributed by atoms with Crippen LogP contribution in [0.3, 0.4) is 0 Å². The molecule has 0 amide bonds.